The Labute approximate surface area is 148 Å². The van der Waals surface area contributed by atoms with Gasteiger partial charge in [-0.3, -0.25) is 9.69 Å². The van der Waals surface area contributed by atoms with Crippen molar-refractivity contribution in [2.75, 3.05) is 40.1 Å². The standard InChI is InChI=1S/C17H27NO7/c1-5-14(20)23-10-17(7-3,11-24-15(21)6-2)12-25-16(22)8-9-18(4)13-19/h5-6,19H,1-2,7-13H2,3-4H3. The molecule has 0 aromatic carbocycles. The molecular formula is C17H27NO7. The minimum Gasteiger partial charge on any atom is -0.465 e. The number of carbonyl (C=O) groups is 3. The Bertz CT molecular complexity index is 452. The molecule has 8 nitrogen and oxygen atoms in total. The van der Waals surface area contributed by atoms with Gasteiger partial charge in [0.1, 0.15) is 19.8 Å². The third-order valence-corrected chi connectivity index (χ3v) is 3.60. The lowest BCUT2D eigenvalue weighted by atomic mass is 9.88. The first-order chi connectivity index (χ1) is 11.8. The smallest absolute Gasteiger partial charge is 0.330 e. The first-order valence-electron chi connectivity index (χ1n) is 7.86. The van der Waals surface area contributed by atoms with Crippen LogP contribution >= 0.6 is 0 Å². The first kappa shape index (κ1) is 22.8. The summed E-state index contributed by atoms with van der Waals surface area (Å²) in [5.74, 6) is -1.71. The highest BCUT2D eigenvalue weighted by Crippen LogP contribution is 2.24. The van der Waals surface area contributed by atoms with E-state index in [1.165, 1.54) is 0 Å². The lowest BCUT2D eigenvalue weighted by Gasteiger charge is -2.30. The van der Waals surface area contributed by atoms with Gasteiger partial charge >= 0.3 is 17.9 Å². The van der Waals surface area contributed by atoms with Gasteiger partial charge in [-0.2, -0.15) is 0 Å². The third kappa shape index (κ3) is 9.63. The lowest BCUT2D eigenvalue weighted by Crippen LogP contribution is -2.39. The summed E-state index contributed by atoms with van der Waals surface area (Å²) in [6.07, 6.45) is 2.57. The van der Waals surface area contributed by atoms with E-state index in [9.17, 15) is 14.4 Å². The molecule has 0 aliphatic heterocycles. The summed E-state index contributed by atoms with van der Waals surface area (Å²) in [6, 6.07) is 0. The van der Waals surface area contributed by atoms with Gasteiger partial charge < -0.3 is 19.3 Å². The Morgan fingerprint density at radius 3 is 1.92 bits per heavy atom. The molecule has 0 aliphatic rings. The number of rotatable bonds is 13. The molecule has 0 rings (SSSR count). The predicted octanol–water partition coefficient (Wildman–Crippen LogP) is 0.656. The largest absolute Gasteiger partial charge is 0.465 e. The third-order valence-electron chi connectivity index (χ3n) is 3.60. The quantitative estimate of drug-likeness (QED) is 0.222. The molecule has 142 valence electrons. The Balaban J connectivity index is 4.80. The molecule has 0 aromatic heterocycles. The number of aliphatic hydroxyl groups excluding tert-OH is 1. The molecule has 0 radical (unpaired) electrons. The second-order valence-electron chi connectivity index (χ2n) is 5.61. The average Bonchev–Trinajstić information content (AvgIpc) is 2.64. The Morgan fingerprint density at radius 2 is 1.52 bits per heavy atom. The van der Waals surface area contributed by atoms with Crippen molar-refractivity contribution in [1.82, 2.24) is 4.90 Å². The lowest BCUT2D eigenvalue weighted by molar-refractivity contribution is -0.158. The molecule has 0 fully saturated rings. The fourth-order valence-corrected chi connectivity index (χ4v) is 1.66. The van der Waals surface area contributed by atoms with E-state index in [0.717, 1.165) is 12.2 Å². The van der Waals surface area contributed by atoms with Crippen LogP contribution in [0, 0.1) is 5.41 Å². The van der Waals surface area contributed by atoms with Crippen LogP contribution in [-0.4, -0.2) is 68.1 Å². The van der Waals surface area contributed by atoms with Crippen molar-refractivity contribution in [3.63, 3.8) is 0 Å². The zero-order chi connectivity index (χ0) is 19.3. The molecule has 0 bridgehead atoms. The van der Waals surface area contributed by atoms with Crippen LogP contribution in [0.25, 0.3) is 0 Å². The number of aliphatic hydroxyl groups is 1. The minimum absolute atomic E-state index is 0.0833. The Morgan fingerprint density at radius 1 is 1.04 bits per heavy atom. The van der Waals surface area contributed by atoms with Gasteiger partial charge in [-0.25, -0.2) is 9.59 Å². The van der Waals surface area contributed by atoms with E-state index in [0.29, 0.717) is 13.0 Å². The first-order valence-corrected chi connectivity index (χ1v) is 7.86. The zero-order valence-electron chi connectivity index (χ0n) is 14.9. The summed E-state index contributed by atoms with van der Waals surface area (Å²) in [5, 5.41) is 8.90. The van der Waals surface area contributed by atoms with Crippen LogP contribution in [0.1, 0.15) is 19.8 Å². The monoisotopic (exact) mass is 357 g/mol. The van der Waals surface area contributed by atoms with E-state index >= 15 is 0 Å². The summed E-state index contributed by atoms with van der Waals surface area (Å²) >= 11 is 0. The maximum Gasteiger partial charge on any atom is 0.330 e. The van der Waals surface area contributed by atoms with E-state index in [1.807, 2.05) is 0 Å². The summed E-state index contributed by atoms with van der Waals surface area (Å²) in [4.78, 5) is 36.0. The highest BCUT2D eigenvalue weighted by Gasteiger charge is 2.33. The summed E-state index contributed by atoms with van der Waals surface area (Å²) in [7, 11) is 1.66. The molecule has 8 heteroatoms. The fraction of sp³-hybridized carbons (Fsp3) is 0.588. The van der Waals surface area contributed by atoms with E-state index in [1.54, 1.807) is 18.9 Å². The van der Waals surface area contributed by atoms with E-state index in [4.69, 9.17) is 19.3 Å². The maximum absolute atomic E-state index is 11.8. The van der Waals surface area contributed by atoms with Gasteiger partial charge in [0.15, 0.2) is 0 Å². The molecule has 0 aromatic rings. The van der Waals surface area contributed by atoms with Crippen molar-refractivity contribution in [1.29, 1.82) is 0 Å². The highest BCUT2D eigenvalue weighted by molar-refractivity contribution is 5.81. The van der Waals surface area contributed by atoms with Gasteiger partial charge in [0.25, 0.3) is 0 Å². The molecule has 0 saturated carbocycles. The second kappa shape index (κ2) is 12.2. The number of ether oxygens (including phenoxy) is 3. The number of nitrogens with zero attached hydrogens (tertiary/aromatic N) is 1. The zero-order valence-corrected chi connectivity index (χ0v) is 14.9. The highest BCUT2D eigenvalue weighted by atomic mass is 16.6. The number of hydrogen-bond acceptors (Lipinski definition) is 8. The molecule has 0 unspecified atom stereocenters. The van der Waals surface area contributed by atoms with E-state index in [2.05, 4.69) is 13.2 Å². The van der Waals surface area contributed by atoms with E-state index in [-0.39, 0.29) is 33.0 Å². The van der Waals surface area contributed by atoms with Crippen molar-refractivity contribution >= 4 is 17.9 Å². The summed E-state index contributed by atoms with van der Waals surface area (Å²) in [5.41, 5.74) is -0.865. The molecule has 0 atom stereocenters. The molecular weight excluding hydrogens is 330 g/mol. The number of esters is 3. The van der Waals surface area contributed by atoms with Crippen LogP contribution in [0.3, 0.4) is 0 Å². The van der Waals surface area contributed by atoms with Crippen molar-refractivity contribution in [3.8, 4) is 0 Å². The second-order valence-corrected chi connectivity index (χ2v) is 5.61. The SMILES string of the molecule is C=CC(=O)OCC(CC)(COC(=O)C=C)COC(=O)CCN(C)CO. The Hall–Kier alpha value is -2.19. The van der Waals surface area contributed by atoms with Crippen LogP contribution in [0.2, 0.25) is 0 Å². The predicted molar refractivity (Wildman–Crippen MR) is 90.3 cm³/mol. The van der Waals surface area contributed by atoms with Crippen LogP contribution in [0.15, 0.2) is 25.3 Å². The maximum atomic E-state index is 11.8. The van der Waals surface area contributed by atoms with E-state index < -0.39 is 23.3 Å². The molecule has 0 heterocycles. The summed E-state index contributed by atoms with van der Waals surface area (Å²) < 4.78 is 15.4. The molecule has 1 N–H and O–H groups in total. The number of hydrogen-bond donors (Lipinski definition) is 1. The van der Waals surface area contributed by atoms with Crippen molar-refractivity contribution < 1.29 is 33.7 Å². The fourth-order valence-electron chi connectivity index (χ4n) is 1.66. The van der Waals surface area contributed by atoms with Crippen molar-refractivity contribution in [2.24, 2.45) is 5.41 Å². The van der Waals surface area contributed by atoms with Gasteiger partial charge in [-0.05, 0) is 13.5 Å². The average molecular weight is 357 g/mol. The molecule has 25 heavy (non-hydrogen) atoms. The van der Waals surface area contributed by atoms with Crippen molar-refractivity contribution in [3.05, 3.63) is 25.3 Å². The molecule has 0 spiro atoms. The van der Waals surface area contributed by atoms with Crippen LogP contribution in [0.5, 0.6) is 0 Å². The molecule has 0 saturated heterocycles. The molecule has 0 amide bonds. The van der Waals surface area contributed by atoms with Crippen LogP contribution < -0.4 is 0 Å². The van der Waals surface area contributed by atoms with Gasteiger partial charge in [-0.15, -0.1) is 0 Å². The van der Waals surface area contributed by atoms with Gasteiger partial charge in [0.05, 0.1) is 18.6 Å². The minimum atomic E-state index is -0.865. The van der Waals surface area contributed by atoms with Crippen LogP contribution in [0.4, 0.5) is 0 Å². The van der Waals surface area contributed by atoms with Gasteiger partial charge in [-0.1, -0.05) is 20.1 Å². The number of carbonyl (C=O) groups excluding carboxylic acids is 3. The van der Waals surface area contributed by atoms with Gasteiger partial charge in [0.2, 0.25) is 0 Å². The molecule has 0 aliphatic carbocycles. The Kier molecular flexibility index (Phi) is 11.1. The van der Waals surface area contributed by atoms with Crippen molar-refractivity contribution in [2.45, 2.75) is 19.8 Å². The topological polar surface area (TPSA) is 102 Å². The van der Waals surface area contributed by atoms with Crippen LogP contribution in [-0.2, 0) is 28.6 Å². The van der Waals surface area contributed by atoms with Gasteiger partial charge in [0, 0.05) is 18.7 Å². The normalized spacial score (nSPS) is 10.9. The summed E-state index contributed by atoms with van der Waals surface area (Å²) in [6.45, 7) is 8.33.